The Bertz CT molecular complexity index is 1130. The van der Waals surface area contributed by atoms with Gasteiger partial charge in [0.15, 0.2) is 0 Å². The van der Waals surface area contributed by atoms with E-state index in [1.165, 1.54) is 18.3 Å². The van der Waals surface area contributed by atoms with Crippen molar-refractivity contribution in [2.24, 2.45) is 5.10 Å². The van der Waals surface area contributed by atoms with E-state index in [1.54, 1.807) is 31.2 Å². The third-order valence-corrected chi connectivity index (χ3v) is 4.27. The molecule has 6 nitrogen and oxygen atoms in total. The van der Waals surface area contributed by atoms with E-state index in [4.69, 9.17) is 4.42 Å². The normalized spacial score (nSPS) is 11.6. The smallest absolute Gasteiger partial charge is 0.416 e. The van der Waals surface area contributed by atoms with Crippen LogP contribution in [-0.4, -0.2) is 23.2 Å². The third kappa shape index (κ3) is 4.57. The molecule has 3 rings (SSSR count). The maximum Gasteiger partial charge on any atom is 0.416 e. The number of hydrogen-bond donors (Lipinski definition) is 2. The second-order valence-electron chi connectivity index (χ2n) is 6.26. The molecule has 1 heterocycles. The lowest BCUT2D eigenvalue weighted by atomic mass is 10.0. The monoisotopic (exact) mass is 416 g/mol. The quantitative estimate of drug-likeness (QED) is 0.464. The summed E-state index contributed by atoms with van der Waals surface area (Å²) in [6, 6.07) is 11.9. The summed E-state index contributed by atoms with van der Waals surface area (Å²) >= 11 is 0. The number of halogens is 3. The number of hydrogen-bond acceptors (Lipinski definition) is 4. The van der Waals surface area contributed by atoms with Crippen LogP contribution >= 0.6 is 0 Å². The predicted octanol–water partition coefficient (Wildman–Crippen LogP) is 4.74. The van der Waals surface area contributed by atoms with Crippen LogP contribution in [0, 0.1) is 6.92 Å². The highest BCUT2D eigenvalue weighted by Crippen LogP contribution is 2.29. The Morgan fingerprint density at radius 1 is 1.10 bits per heavy atom. The van der Waals surface area contributed by atoms with Crippen LogP contribution in [0.2, 0.25) is 0 Å². The molecular weight excluding hydrogens is 401 g/mol. The van der Waals surface area contributed by atoms with Gasteiger partial charge in [0.25, 0.3) is 5.91 Å². The van der Waals surface area contributed by atoms with Crippen LogP contribution in [-0.2, 0) is 6.18 Å². The number of carbonyl (C=O) groups excluding carboxylic acids is 1. The number of aromatic carboxylic acids is 1. The number of hydrazone groups is 1. The molecule has 0 aliphatic carbocycles. The van der Waals surface area contributed by atoms with Gasteiger partial charge in [0.1, 0.15) is 11.5 Å². The predicted molar refractivity (Wildman–Crippen MR) is 102 cm³/mol. The molecular formula is C21H15F3N2O4. The number of carboxylic acid groups (broad SMARTS) is 1. The fraction of sp³-hybridized carbons (Fsp3) is 0.0952. The van der Waals surface area contributed by atoms with E-state index >= 15 is 0 Å². The second-order valence-corrected chi connectivity index (χ2v) is 6.26. The van der Waals surface area contributed by atoms with Gasteiger partial charge in [-0.15, -0.1) is 0 Å². The lowest BCUT2D eigenvalue weighted by molar-refractivity contribution is -0.137. The number of alkyl halides is 3. The zero-order valence-corrected chi connectivity index (χ0v) is 15.5. The molecule has 1 aromatic heterocycles. The minimum Gasteiger partial charge on any atom is -0.478 e. The SMILES string of the molecule is Cc1c(C(=O)O)cccc1-c1ccc(C=NNC(=O)c2cccc(C(F)(F)F)c2)o1. The summed E-state index contributed by atoms with van der Waals surface area (Å²) in [6.07, 6.45) is -3.37. The molecule has 0 spiro atoms. The van der Waals surface area contributed by atoms with Crippen LogP contribution in [0.15, 0.2) is 64.1 Å². The summed E-state index contributed by atoms with van der Waals surface area (Å²) < 4.78 is 43.8. The van der Waals surface area contributed by atoms with Crippen LogP contribution in [0.3, 0.4) is 0 Å². The molecule has 1 amide bonds. The van der Waals surface area contributed by atoms with Crippen molar-refractivity contribution in [1.29, 1.82) is 0 Å². The first-order chi connectivity index (χ1) is 14.2. The molecule has 0 aliphatic rings. The van der Waals surface area contributed by atoms with E-state index in [9.17, 15) is 27.9 Å². The molecule has 0 unspecified atom stereocenters. The van der Waals surface area contributed by atoms with Gasteiger partial charge < -0.3 is 9.52 Å². The van der Waals surface area contributed by atoms with E-state index in [0.29, 0.717) is 16.9 Å². The number of carbonyl (C=O) groups is 2. The van der Waals surface area contributed by atoms with Gasteiger partial charge in [-0.3, -0.25) is 4.79 Å². The highest BCUT2D eigenvalue weighted by atomic mass is 19.4. The lowest BCUT2D eigenvalue weighted by Gasteiger charge is -2.07. The van der Waals surface area contributed by atoms with E-state index in [-0.39, 0.29) is 16.9 Å². The number of rotatable bonds is 5. The number of benzene rings is 2. The van der Waals surface area contributed by atoms with Gasteiger partial charge >= 0.3 is 12.1 Å². The Hall–Kier alpha value is -3.88. The van der Waals surface area contributed by atoms with Crippen molar-refractivity contribution in [2.45, 2.75) is 13.1 Å². The van der Waals surface area contributed by atoms with Gasteiger partial charge in [0, 0.05) is 11.1 Å². The molecule has 0 atom stereocenters. The molecule has 0 radical (unpaired) electrons. The zero-order valence-electron chi connectivity index (χ0n) is 15.5. The van der Waals surface area contributed by atoms with Crippen molar-refractivity contribution in [2.75, 3.05) is 0 Å². The summed E-state index contributed by atoms with van der Waals surface area (Å²) in [6.45, 7) is 1.66. The largest absolute Gasteiger partial charge is 0.478 e. The maximum atomic E-state index is 12.7. The second kappa shape index (κ2) is 8.24. The Morgan fingerprint density at radius 3 is 2.53 bits per heavy atom. The van der Waals surface area contributed by atoms with Crippen molar-refractivity contribution in [3.05, 3.63) is 82.6 Å². The summed E-state index contributed by atoms with van der Waals surface area (Å²) in [5.74, 6) is -1.20. The highest BCUT2D eigenvalue weighted by Gasteiger charge is 2.30. The molecule has 30 heavy (non-hydrogen) atoms. The third-order valence-electron chi connectivity index (χ3n) is 4.27. The number of carboxylic acids is 1. The van der Waals surface area contributed by atoms with Gasteiger partial charge in [-0.25, -0.2) is 10.2 Å². The molecule has 0 aliphatic heterocycles. The first-order valence-electron chi connectivity index (χ1n) is 8.60. The molecule has 0 fully saturated rings. The topological polar surface area (TPSA) is 91.9 Å². The summed E-state index contributed by atoms with van der Waals surface area (Å²) in [5, 5.41) is 12.9. The van der Waals surface area contributed by atoms with E-state index in [0.717, 1.165) is 18.2 Å². The van der Waals surface area contributed by atoms with Gasteiger partial charge in [-0.2, -0.15) is 18.3 Å². The molecule has 2 aromatic carbocycles. The van der Waals surface area contributed by atoms with Crippen molar-refractivity contribution < 1.29 is 32.3 Å². The summed E-state index contributed by atoms with van der Waals surface area (Å²) in [4.78, 5) is 23.3. The maximum absolute atomic E-state index is 12.7. The molecule has 2 N–H and O–H groups in total. The molecule has 0 saturated heterocycles. The van der Waals surface area contributed by atoms with Crippen LogP contribution in [0.5, 0.6) is 0 Å². The van der Waals surface area contributed by atoms with Crippen LogP contribution < -0.4 is 5.43 Å². The Labute approximate surface area is 168 Å². The number of nitrogens with zero attached hydrogens (tertiary/aromatic N) is 1. The van der Waals surface area contributed by atoms with Gasteiger partial charge in [0.2, 0.25) is 0 Å². The zero-order chi connectivity index (χ0) is 21.9. The number of furan rings is 1. The Balaban J connectivity index is 1.72. The summed E-state index contributed by atoms with van der Waals surface area (Å²) in [7, 11) is 0. The first-order valence-corrected chi connectivity index (χ1v) is 8.60. The van der Waals surface area contributed by atoms with E-state index in [2.05, 4.69) is 10.5 Å². The minimum atomic E-state index is -4.56. The fourth-order valence-corrected chi connectivity index (χ4v) is 2.76. The van der Waals surface area contributed by atoms with Crippen molar-refractivity contribution in [3.63, 3.8) is 0 Å². The molecule has 9 heteroatoms. The van der Waals surface area contributed by atoms with E-state index < -0.39 is 23.6 Å². The minimum absolute atomic E-state index is 0.146. The number of amides is 1. The molecule has 3 aromatic rings. The molecule has 0 saturated carbocycles. The highest BCUT2D eigenvalue weighted by molar-refractivity contribution is 5.95. The average Bonchev–Trinajstić information content (AvgIpc) is 3.16. The van der Waals surface area contributed by atoms with E-state index in [1.807, 2.05) is 0 Å². The van der Waals surface area contributed by atoms with Crippen LogP contribution in [0.25, 0.3) is 11.3 Å². The Kier molecular flexibility index (Phi) is 5.72. The van der Waals surface area contributed by atoms with Crippen molar-refractivity contribution >= 4 is 18.1 Å². The molecule has 154 valence electrons. The summed E-state index contributed by atoms with van der Waals surface area (Å²) in [5.41, 5.74) is 2.27. The van der Waals surface area contributed by atoms with Crippen molar-refractivity contribution in [3.8, 4) is 11.3 Å². The van der Waals surface area contributed by atoms with Crippen LogP contribution in [0.4, 0.5) is 13.2 Å². The van der Waals surface area contributed by atoms with Crippen molar-refractivity contribution in [1.82, 2.24) is 5.43 Å². The standard InChI is InChI=1S/C21H15F3N2O4/c1-12-16(6-3-7-17(12)20(28)29)18-9-8-15(30-18)11-25-26-19(27)13-4-2-5-14(10-13)21(22,23)24/h2-11H,1H3,(H,26,27)(H,28,29). The fourth-order valence-electron chi connectivity index (χ4n) is 2.76. The van der Waals surface area contributed by atoms with Gasteiger partial charge in [0.05, 0.1) is 17.3 Å². The first kappa shape index (κ1) is 20.8. The number of nitrogens with one attached hydrogen (secondary N) is 1. The van der Waals surface area contributed by atoms with Crippen LogP contribution in [0.1, 0.15) is 37.6 Å². The van der Waals surface area contributed by atoms with Gasteiger partial charge in [-0.1, -0.05) is 18.2 Å². The van der Waals surface area contributed by atoms with Gasteiger partial charge in [-0.05, 0) is 48.9 Å². The molecule has 0 bridgehead atoms. The average molecular weight is 416 g/mol. The lowest BCUT2D eigenvalue weighted by Crippen LogP contribution is -2.18. The Morgan fingerprint density at radius 2 is 1.83 bits per heavy atom.